The molecule has 1 heterocycles. The van der Waals surface area contributed by atoms with E-state index in [-0.39, 0.29) is 5.41 Å². The lowest BCUT2D eigenvalue weighted by molar-refractivity contribution is 0.660. The quantitative estimate of drug-likeness (QED) is 0.165. The van der Waals surface area contributed by atoms with E-state index in [1.807, 2.05) is 0 Å². The second-order valence-electron chi connectivity index (χ2n) is 15.7. The molecule has 2 nitrogen and oxygen atoms in total. The van der Waals surface area contributed by atoms with Gasteiger partial charge in [-0.2, -0.15) is 0 Å². The largest absolute Gasteiger partial charge is 0.307 e. The van der Waals surface area contributed by atoms with Crippen LogP contribution in [0.1, 0.15) is 25.0 Å². The van der Waals surface area contributed by atoms with Crippen LogP contribution in [0.25, 0.3) is 71.6 Å². The van der Waals surface area contributed by atoms with Gasteiger partial charge in [0.1, 0.15) is 0 Å². The summed E-state index contributed by atoms with van der Waals surface area (Å²) in [7, 11) is 0. The zero-order chi connectivity index (χ0) is 38.1. The number of para-hydroxylation sites is 4. The number of aromatic nitrogens is 1. The molecule has 0 spiro atoms. The van der Waals surface area contributed by atoms with Crippen LogP contribution in [0.3, 0.4) is 0 Å². The van der Waals surface area contributed by atoms with Gasteiger partial charge in [0, 0.05) is 27.1 Å². The summed E-state index contributed by atoms with van der Waals surface area (Å²) >= 11 is 0. The lowest BCUT2D eigenvalue weighted by Crippen LogP contribution is -2.16. The lowest BCUT2D eigenvalue weighted by Gasteiger charge is -2.32. The Bertz CT molecular complexity index is 3110. The first-order chi connectivity index (χ1) is 28.1. The Morgan fingerprint density at radius 2 is 0.947 bits per heavy atom. The zero-order valence-electron chi connectivity index (χ0n) is 32.0. The van der Waals surface area contributed by atoms with E-state index >= 15 is 0 Å². The molecular weight excluding hydrogens is 689 g/mol. The molecule has 9 aromatic carbocycles. The maximum atomic E-state index is 2.52. The molecule has 0 saturated carbocycles. The highest BCUT2D eigenvalue weighted by molar-refractivity contribution is 6.11. The van der Waals surface area contributed by atoms with Crippen LogP contribution >= 0.6 is 0 Å². The summed E-state index contributed by atoms with van der Waals surface area (Å²) in [5, 5.41) is 4.88. The average molecular weight is 729 g/mol. The number of hydrogen-bond donors (Lipinski definition) is 0. The van der Waals surface area contributed by atoms with Crippen molar-refractivity contribution in [3.8, 4) is 39.1 Å². The van der Waals surface area contributed by atoms with E-state index in [1.54, 1.807) is 0 Å². The van der Waals surface area contributed by atoms with Crippen LogP contribution in [0.2, 0.25) is 0 Å². The number of benzene rings is 9. The van der Waals surface area contributed by atoms with E-state index in [2.05, 4.69) is 230 Å². The van der Waals surface area contributed by atoms with Crippen LogP contribution < -0.4 is 4.90 Å². The SMILES string of the molecule is CC1(C)c2ccccc2-c2ccc(-c3c(-c4ccccc4)cccc3N(c3ccccc3-n3c4ccccc4c4ccccc43)c3cccc4ccccc34)cc21. The molecule has 0 fully saturated rings. The molecule has 1 aliphatic carbocycles. The summed E-state index contributed by atoms with van der Waals surface area (Å²) in [6.45, 7) is 4.74. The Morgan fingerprint density at radius 1 is 0.386 bits per heavy atom. The van der Waals surface area contributed by atoms with Crippen molar-refractivity contribution in [2.24, 2.45) is 0 Å². The van der Waals surface area contributed by atoms with Gasteiger partial charge in [-0.3, -0.25) is 0 Å². The fraction of sp³-hybridized carbons (Fsp3) is 0.0545. The van der Waals surface area contributed by atoms with Gasteiger partial charge in [0.2, 0.25) is 0 Å². The van der Waals surface area contributed by atoms with Gasteiger partial charge >= 0.3 is 0 Å². The highest BCUT2D eigenvalue weighted by Gasteiger charge is 2.36. The van der Waals surface area contributed by atoms with Gasteiger partial charge in [-0.1, -0.05) is 178 Å². The van der Waals surface area contributed by atoms with Crippen molar-refractivity contribution in [2.45, 2.75) is 19.3 Å². The van der Waals surface area contributed by atoms with Crippen LogP contribution in [-0.2, 0) is 5.41 Å². The minimum Gasteiger partial charge on any atom is -0.307 e. The van der Waals surface area contributed by atoms with Crippen LogP contribution in [0.5, 0.6) is 0 Å². The van der Waals surface area contributed by atoms with Gasteiger partial charge in [0.05, 0.1) is 33.8 Å². The Morgan fingerprint density at radius 3 is 1.75 bits per heavy atom. The number of anilines is 3. The third-order valence-corrected chi connectivity index (χ3v) is 12.2. The molecule has 270 valence electrons. The molecule has 11 rings (SSSR count). The molecule has 57 heavy (non-hydrogen) atoms. The van der Waals surface area contributed by atoms with Gasteiger partial charge in [-0.15, -0.1) is 0 Å². The van der Waals surface area contributed by atoms with Crippen molar-refractivity contribution >= 4 is 49.6 Å². The lowest BCUT2D eigenvalue weighted by atomic mass is 9.81. The maximum Gasteiger partial charge on any atom is 0.0702 e. The van der Waals surface area contributed by atoms with Gasteiger partial charge < -0.3 is 9.47 Å². The minimum absolute atomic E-state index is 0.137. The van der Waals surface area contributed by atoms with Crippen molar-refractivity contribution in [2.75, 3.05) is 4.90 Å². The number of fused-ring (bicyclic) bond motifs is 7. The second kappa shape index (κ2) is 13.0. The molecule has 0 saturated heterocycles. The average Bonchev–Trinajstić information content (AvgIpc) is 3.72. The summed E-state index contributed by atoms with van der Waals surface area (Å²) in [4.78, 5) is 2.52. The van der Waals surface area contributed by atoms with E-state index in [4.69, 9.17) is 0 Å². The summed E-state index contributed by atoms with van der Waals surface area (Å²) in [6, 6.07) is 75.8. The van der Waals surface area contributed by atoms with Crippen molar-refractivity contribution < 1.29 is 0 Å². The highest BCUT2D eigenvalue weighted by atomic mass is 15.2. The van der Waals surface area contributed by atoms with Gasteiger partial charge in [0.15, 0.2) is 0 Å². The number of rotatable bonds is 6. The molecular formula is C55H40N2. The Labute approximate surface area is 333 Å². The predicted molar refractivity (Wildman–Crippen MR) is 241 cm³/mol. The number of hydrogen-bond acceptors (Lipinski definition) is 1. The monoisotopic (exact) mass is 728 g/mol. The maximum absolute atomic E-state index is 2.52. The molecule has 1 aromatic heterocycles. The van der Waals surface area contributed by atoms with E-state index < -0.39 is 0 Å². The van der Waals surface area contributed by atoms with Crippen molar-refractivity contribution in [3.05, 3.63) is 217 Å². The standard InChI is InChI=1S/C55H40N2/c1-55(2)46-27-11-8-23-42(46)43-35-34-39(36-47(43)55)54-41(38-18-4-3-5-19-38)26-17-33-53(54)57(48-32-16-21-37-20-6-7-22-40(37)48)52-31-15-14-30-51(52)56-49-28-12-9-24-44(49)45-25-10-13-29-50(45)56/h3-36H,1-2H3. The van der Waals surface area contributed by atoms with Crippen molar-refractivity contribution in [3.63, 3.8) is 0 Å². The minimum atomic E-state index is -0.137. The molecule has 0 bridgehead atoms. The van der Waals surface area contributed by atoms with Crippen molar-refractivity contribution in [1.82, 2.24) is 4.57 Å². The van der Waals surface area contributed by atoms with E-state index in [9.17, 15) is 0 Å². The molecule has 0 aliphatic heterocycles. The summed E-state index contributed by atoms with van der Waals surface area (Å²) in [5.41, 5.74) is 16.9. The summed E-state index contributed by atoms with van der Waals surface area (Å²) < 4.78 is 2.45. The van der Waals surface area contributed by atoms with Gasteiger partial charge in [-0.05, 0) is 86.8 Å². The molecule has 0 unspecified atom stereocenters. The normalized spacial score (nSPS) is 12.9. The molecule has 0 radical (unpaired) electrons. The Kier molecular flexibility index (Phi) is 7.55. The fourth-order valence-electron chi connectivity index (χ4n) is 9.56. The first-order valence-electron chi connectivity index (χ1n) is 19.9. The van der Waals surface area contributed by atoms with Crippen LogP contribution in [0, 0.1) is 0 Å². The molecule has 0 N–H and O–H groups in total. The molecule has 1 aliphatic rings. The third-order valence-electron chi connectivity index (χ3n) is 12.2. The Hall–Kier alpha value is -7.16. The first-order valence-corrected chi connectivity index (χ1v) is 19.9. The zero-order valence-corrected chi connectivity index (χ0v) is 32.0. The molecule has 0 atom stereocenters. The van der Waals surface area contributed by atoms with Crippen LogP contribution in [0.4, 0.5) is 17.1 Å². The van der Waals surface area contributed by atoms with Crippen molar-refractivity contribution in [1.29, 1.82) is 0 Å². The molecule has 0 amide bonds. The predicted octanol–water partition coefficient (Wildman–Crippen LogP) is 15.0. The molecule has 10 aromatic rings. The highest BCUT2D eigenvalue weighted by Crippen LogP contribution is 2.53. The molecule has 2 heteroatoms. The summed E-state index contributed by atoms with van der Waals surface area (Å²) in [6.07, 6.45) is 0. The topological polar surface area (TPSA) is 8.17 Å². The second-order valence-corrected chi connectivity index (χ2v) is 15.7. The third kappa shape index (κ3) is 5.11. The van der Waals surface area contributed by atoms with Gasteiger partial charge in [0.25, 0.3) is 0 Å². The number of nitrogens with zero attached hydrogens (tertiary/aromatic N) is 2. The van der Waals surface area contributed by atoms with E-state index in [1.165, 1.54) is 77.1 Å². The smallest absolute Gasteiger partial charge is 0.0702 e. The van der Waals surface area contributed by atoms with E-state index in [0.29, 0.717) is 0 Å². The van der Waals surface area contributed by atoms with E-state index in [0.717, 1.165) is 22.7 Å². The van der Waals surface area contributed by atoms with Crippen LogP contribution in [0.15, 0.2) is 206 Å². The first kappa shape index (κ1) is 33.2. The fourth-order valence-corrected chi connectivity index (χ4v) is 9.56. The summed E-state index contributed by atoms with van der Waals surface area (Å²) in [5.74, 6) is 0. The van der Waals surface area contributed by atoms with Gasteiger partial charge in [-0.25, -0.2) is 0 Å². The van der Waals surface area contributed by atoms with Crippen LogP contribution in [-0.4, -0.2) is 4.57 Å². The Balaban J connectivity index is 1.25.